The van der Waals surface area contributed by atoms with Gasteiger partial charge in [0, 0.05) is 30.7 Å². The van der Waals surface area contributed by atoms with Gasteiger partial charge < -0.3 is 19.9 Å². The molecule has 0 saturated heterocycles. The van der Waals surface area contributed by atoms with E-state index in [9.17, 15) is 9.59 Å². The van der Waals surface area contributed by atoms with E-state index in [1.54, 1.807) is 12.1 Å². The third-order valence-electron chi connectivity index (χ3n) is 2.48. The number of aliphatic carboxylic acids is 1. The highest BCUT2D eigenvalue weighted by Gasteiger charge is 2.20. The second-order valence-electron chi connectivity index (χ2n) is 3.94. The first-order chi connectivity index (χ1) is 8.56. The van der Waals surface area contributed by atoms with Gasteiger partial charge in [0.05, 0.1) is 0 Å². The van der Waals surface area contributed by atoms with Crippen molar-refractivity contribution in [3.8, 4) is 11.5 Å². The minimum absolute atomic E-state index is 0.000670. The first kappa shape index (κ1) is 12.2. The van der Waals surface area contributed by atoms with Gasteiger partial charge in [0.2, 0.25) is 12.7 Å². The maximum absolute atomic E-state index is 11.0. The average Bonchev–Trinajstić information content (AvgIpc) is 2.72. The van der Waals surface area contributed by atoms with Crippen LogP contribution < -0.4 is 14.8 Å². The molecule has 0 saturated carbocycles. The molecule has 1 heterocycles. The van der Waals surface area contributed by atoms with Crippen molar-refractivity contribution in [3.05, 3.63) is 17.7 Å². The lowest BCUT2D eigenvalue weighted by atomic mass is 10.1. The van der Waals surface area contributed by atoms with Crippen LogP contribution in [0.5, 0.6) is 11.5 Å². The molecule has 0 aromatic heterocycles. The molecular formula is C12H13NO5. The van der Waals surface area contributed by atoms with Gasteiger partial charge in [0.25, 0.3) is 0 Å². The second-order valence-corrected chi connectivity index (χ2v) is 3.94. The zero-order chi connectivity index (χ0) is 13.1. The fourth-order valence-electron chi connectivity index (χ4n) is 1.79. The highest BCUT2D eigenvalue weighted by molar-refractivity contribution is 5.89. The lowest BCUT2D eigenvalue weighted by Crippen LogP contribution is -2.06. The number of nitrogens with one attached hydrogen (secondary N) is 1. The number of fused-ring (bicyclic) bond motifs is 1. The zero-order valence-electron chi connectivity index (χ0n) is 9.86. The van der Waals surface area contributed by atoms with Crippen molar-refractivity contribution >= 4 is 17.6 Å². The third-order valence-corrected chi connectivity index (χ3v) is 2.48. The number of hydrogen-bond donors (Lipinski definition) is 2. The Morgan fingerprint density at radius 2 is 2.17 bits per heavy atom. The Bertz CT molecular complexity index is 497. The van der Waals surface area contributed by atoms with Crippen LogP contribution >= 0.6 is 0 Å². The van der Waals surface area contributed by atoms with Gasteiger partial charge in [-0.2, -0.15) is 0 Å². The van der Waals surface area contributed by atoms with Crippen LogP contribution in [0.3, 0.4) is 0 Å². The number of carbonyl (C=O) groups excluding carboxylic acids is 1. The molecular weight excluding hydrogens is 238 g/mol. The molecule has 2 N–H and O–H groups in total. The standard InChI is InChI=1S/C12H13NO5/c1-7(14)13-9-4-8(2-3-11(15)16)12-10(5-9)17-6-18-12/h4-5H,2-3,6H2,1H3,(H,13,14)(H,15,16). The van der Waals surface area contributed by atoms with Crippen LogP contribution in [-0.2, 0) is 16.0 Å². The van der Waals surface area contributed by atoms with Gasteiger partial charge in [0.1, 0.15) is 0 Å². The predicted molar refractivity (Wildman–Crippen MR) is 62.8 cm³/mol. The van der Waals surface area contributed by atoms with Crippen LogP contribution in [0.4, 0.5) is 5.69 Å². The van der Waals surface area contributed by atoms with E-state index in [-0.39, 0.29) is 19.1 Å². The van der Waals surface area contributed by atoms with E-state index in [1.165, 1.54) is 6.92 Å². The minimum Gasteiger partial charge on any atom is -0.481 e. The summed E-state index contributed by atoms with van der Waals surface area (Å²) in [6, 6.07) is 3.37. The van der Waals surface area contributed by atoms with E-state index in [0.29, 0.717) is 23.6 Å². The number of amides is 1. The molecule has 1 aliphatic heterocycles. The molecule has 1 aliphatic rings. The number of aryl methyl sites for hydroxylation is 1. The molecule has 96 valence electrons. The van der Waals surface area contributed by atoms with Gasteiger partial charge in [-0.05, 0) is 12.5 Å². The fourth-order valence-corrected chi connectivity index (χ4v) is 1.79. The highest BCUT2D eigenvalue weighted by Crippen LogP contribution is 2.39. The van der Waals surface area contributed by atoms with Gasteiger partial charge in [-0.1, -0.05) is 0 Å². The summed E-state index contributed by atoms with van der Waals surface area (Å²) in [5, 5.41) is 11.3. The van der Waals surface area contributed by atoms with Crippen molar-refractivity contribution in [2.24, 2.45) is 0 Å². The Morgan fingerprint density at radius 3 is 2.83 bits per heavy atom. The van der Waals surface area contributed by atoms with E-state index in [2.05, 4.69) is 5.32 Å². The minimum atomic E-state index is -0.882. The van der Waals surface area contributed by atoms with E-state index >= 15 is 0 Å². The van der Waals surface area contributed by atoms with E-state index in [1.807, 2.05) is 0 Å². The van der Waals surface area contributed by atoms with E-state index < -0.39 is 5.97 Å². The van der Waals surface area contributed by atoms with Crippen LogP contribution in [-0.4, -0.2) is 23.8 Å². The summed E-state index contributed by atoms with van der Waals surface area (Å²) in [6.07, 6.45) is 0.327. The fraction of sp³-hybridized carbons (Fsp3) is 0.333. The van der Waals surface area contributed by atoms with Crippen molar-refractivity contribution in [1.29, 1.82) is 0 Å². The smallest absolute Gasteiger partial charge is 0.303 e. The lowest BCUT2D eigenvalue weighted by Gasteiger charge is -2.08. The average molecular weight is 251 g/mol. The van der Waals surface area contributed by atoms with Gasteiger partial charge in [-0.3, -0.25) is 9.59 Å². The van der Waals surface area contributed by atoms with Gasteiger partial charge in [-0.15, -0.1) is 0 Å². The van der Waals surface area contributed by atoms with Crippen LogP contribution in [0.15, 0.2) is 12.1 Å². The molecule has 0 fully saturated rings. The Kier molecular flexibility index (Phi) is 3.36. The molecule has 2 rings (SSSR count). The maximum Gasteiger partial charge on any atom is 0.303 e. The van der Waals surface area contributed by atoms with E-state index in [4.69, 9.17) is 14.6 Å². The summed E-state index contributed by atoms with van der Waals surface area (Å²) in [4.78, 5) is 21.6. The molecule has 0 unspecified atom stereocenters. The molecule has 0 radical (unpaired) electrons. The topological polar surface area (TPSA) is 84.9 Å². The Hall–Kier alpha value is -2.24. The van der Waals surface area contributed by atoms with Crippen LogP contribution in [0, 0.1) is 0 Å². The lowest BCUT2D eigenvalue weighted by molar-refractivity contribution is -0.137. The third kappa shape index (κ3) is 2.71. The summed E-state index contributed by atoms with van der Waals surface area (Å²) in [7, 11) is 0. The Labute approximate surface area is 104 Å². The molecule has 0 spiro atoms. The molecule has 0 bridgehead atoms. The number of ether oxygens (including phenoxy) is 2. The Morgan fingerprint density at radius 1 is 1.39 bits per heavy atom. The summed E-state index contributed by atoms with van der Waals surface area (Å²) < 4.78 is 10.5. The van der Waals surface area contributed by atoms with Crippen LogP contribution in [0.25, 0.3) is 0 Å². The van der Waals surface area contributed by atoms with Crippen molar-refractivity contribution in [2.75, 3.05) is 12.1 Å². The molecule has 6 nitrogen and oxygen atoms in total. The van der Waals surface area contributed by atoms with E-state index in [0.717, 1.165) is 5.56 Å². The maximum atomic E-state index is 11.0. The zero-order valence-corrected chi connectivity index (χ0v) is 9.86. The van der Waals surface area contributed by atoms with Crippen molar-refractivity contribution in [2.45, 2.75) is 19.8 Å². The van der Waals surface area contributed by atoms with Crippen LogP contribution in [0.2, 0.25) is 0 Å². The summed E-state index contributed by atoms with van der Waals surface area (Å²) in [5.41, 5.74) is 1.29. The highest BCUT2D eigenvalue weighted by atomic mass is 16.7. The number of rotatable bonds is 4. The molecule has 18 heavy (non-hydrogen) atoms. The molecule has 6 heteroatoms. The monoisotopic (exact) mass is 251 g/mol. The van der Waals surface area contributed by atoms with Gasteiger partial charge in [0.15, 0.2) is 11.5 Å². The normalized spacial score (nSPS) is 12.3. The van der Waals surface area contributed by atoms with Crippen molar-refractivity contribution < 1.29 is 24.2 Å². The van der Waals surface area contributed by atoms with Crippen molar-refractivity contribution in [1.82, 2.24) is 0 Å². The summed E-state index contributed by atoms with van der Waals surface area (Å²) >= 11 is 0. The summed E-state index contributed by atoms with van der Waals surface area (Å²) in [5.74, 6) is 0.0117. The number of anilines is 1. The van der Waals surface area contributed by atoms with Gasteiger partial charge >= 0.3 is 5.97 Å². The first-order valence-corrected chi connectivity index (χ1v) is 5.48. The largest absolute Gasteiger partial charge is 0.481 e. The van der Waals surface area contributed by atoms with Crippen molar-refractivity contribution in [3.63, 3.8) is 0 Å². The molecule has 0 atom stereocenters. The first-order valence-electron chi connectivity index (χ1n) is 5.48. The molecule has 1 amide bonds. The quantitative estimate of drug-likeness (QED) is 0.844. The molecule has 1 aromatic rings. The molecule has 1 aromatic carbocycles. The number of hydrogen-bond acceptors (Lipinski definition) is 4. The van der Waals surface area contributed by atoms with Crippen LogP contribution in [0.1, 0.15) is 18.9 Å². The summed E-state index contributed by atoms with van der Waals surface area (Å²) in [6.45, 7) is 1.51. The number of benzene rings is 1. The number of carboxylic acid groups (broad SMARTS) is 1. The molecule has 0 aliphatic carbocycles. The second kappa shape index (κ2) is 4.95. The SMILES string of the molecule is CC(=O)Nc1cc(CCC(=O)O)c2c(c1)OCO2. The Balaban J connectivity index is 2.28. The number of carboxylic acids is 1. The number of carbonyl (C=O) groups is 2. The predicted octanol–water partition coefficient (Wildman–Crippen LogP) is 1.39. The van der Waals surface area contributed by atoms with Gasteiger partial charge in [-0.25, -0.2) is 0 Å².